The first-order valence-electron chi connectivity index (χ1n) is 10.6. The molecule has 0 aromatic carbocycles. The summed E-state index contributed by atoms with van der Waals surface area (Å²) in [4.78, 5) is 52.9. The Balaban J connectivity index is 2.02. The van der Waals surface area contributed by atoms with Crippen LogP contribution in [0.1, 0.15) is 5.56 Å². The average Bonchev–Trinajstić information content (AvgIpc) is 3.22. The van der Waals surface area contributed by atoms with E-state index in [1.807, 2.05) is 9.97 Å². The molecule has 8 N–H and O–H groups in total. The minimum absolute atomic E-state index is 0.105. The first-order chi connectivity index (χ1) is 16.9. The van der Waals surface area contributed by atoms with Crippen molar-refractivity contribution in [3.63, 3.8) is 0 Å². The van der Waals surface area contributed by atoms with Gasteiger partial charge in [-0.3, -0.25) is 24.3 Å². The van der Waals surface area contributed by atoms with E-state index in [4.69, 9.17) is 14.2 Å². The molecule has 2 fully saturated rings. The van der Waals surface area contributed by atoms with Gasteiger partial charge < -0.3 is 40.1 Å². The number of aryl methyl sites for hydroxylation is 1. The number of nitrogens with one attached hydrogen (secondary N) is 2. The number of ether oxygens (including phenoxy) is 3. The molecule has 0 aliphatic carbocycles. The summed E-state index contributed by atoms with van der Waals surface area (Å²) >= 11 is 0. The summed E-state index contributed by atoms with van der Waals surface area (Å²) in [5, 5.41) is 62.2. The largest absolute Gasteiger partial charge is 0.394 e. The van der Waals surface area contributed by atoms with Crippen LogP contribution in [0.25, 0.3) is 0 Å². The van der Waals surface area contributed by atoms with E-state index in [0.29, 0.717) is 9.13 Å². The van der Waals surface area contributed by atoms with Crippen molar-refractivity contribution in [1.29, 1.82) is 0 Å². The molecule has 0 unspecified atom stereocenters. The average molecular weight is 516 g/mol. The molecule has 17 nitrogen and oxygen atoms in total. The number of hydrogen-bond donors (Lipinski definition) is 8. The van der Waals surface area contributed by atoms with Gasteiger partial charge in [-0.25, -0.2) is 18.7 Å². The van der Waals surface area contributed by atoms with Gasteiger partial charge in [0.1, 0.15) is 24.4 Å². The van der Waals surface area contributed by atoms with Crippen LogP contribution in [0, 0.1) is 6.92 Å². The van der Waals surface area contributed by atoms with Crippen molar-refractivity contribution in [3.05, 3.63) is 65.7 Å². The van der Waals surface area contributed by atoms with E-state index < -0.39 is 84.2 Å². The van der Waals surface area contributed by atoms with Gasteiger partial charge in [0.25, 0.3) is 22.9 Å². The van der Waals surface area contributed by atoms with E-state index in [1.54, 1.807) is 0 Å². The van der Waals surface area contributed by atoms with Crippen LogP contribution < -0.4 is 22.5 Å². The second kappa shape index (κ2) is 9.14. The second-order valence-electron chi connectivity index (χ2n) is 8.33. The topological polar surface area (TPSA) is 259 Å². The van der Waals surface area contributed by atoms with E-state index in [1.165, 1.54) is 6.92 Å². The molecule has 0 spiro atoms. The molecule has 2 aromatic heterocycles. The molecule has 0 bridgehead atoms. The Bertz CT molecular complexity index is 1370. The van der Waals surface area contributed by atoms with Crippen LogP contribution in [0.15, 0.2) is 37.6 Å². The van der Waals surface area contributed by atoms with Crippen molar-refractivity contribution in [2.75, 3.05) is 13.2 Å². The molecule has 2 aliphatic heterocycles. The highest BCUT2D eigenvalue weighted by Crippen LogP contribution is 2.45. The summed E-state index contributed by atoms with van der Waals surface area (Å²) < 4.78 is 17.9. The van der Waals surface area contributed by atoms with Crippen LogP contribution in [-0.4, -0.2) is 99.6 Å². The van der Waals surface area contributed by atoms with Crippen molar-refractivity contribution < 1.29 is 44.8 Å². The summed E-state index contributed by atoms with van der Waals surface area (Å²) in [6.45, 7) is -0.535. The van der Waals surface area contributed by atoms with Gasteiger partial charge in [-0.15, -0.1) is 0 Å². The molecule has 4 heterocycles. The van der Waals surface area contributed by atoms with E-state index in [0.717, 1.165) is 18.5 Å². The van der Waals surface area contributed by atoms with Crippen LogP contribution in [-0.2, 0) is 26.0 Å². The molecule has 17 heteroatoms. The summed E-state index contributed by atoms with van der Waals surface area (Å²) in [6.07, 6.45) is -9.84. The third-order valence-electron chi connectivity index (χ3n) is 6.06. The van der Waals surface area contributed by atoms with Crippen molar-refractivity contribution in [2.45, 2.75) is 55.4 Å². The molecule has 8 atom stereocenters. The Morgan fingerprint density at radius 1 is 0.889 bits per heavy atom. The number of H-pyrrole nitrogens is 2. The zero-order valence-corrected chi connectivity index (χ0v) is 18.5. The fraction of sp³-hybridized carbons (Fsp3) is 0.579. The van der Waals surface area contributed by atoms with Gasteiger partial charge in [-0.05, 0) is 6.92 Å². The number of aromatic nitrogens is 4. The SMILES string of the molecule is Cc1cn([C@]2(O[C@@]3(n4ccc(=O)[nH]c4=O)O[C@H](CO)[C@@H](O)[C@H]3O)O[C@H](CO)[C@@H](O)[C@H]2O)c(=O)[nH]c1=O. The number of hydrogen-bond acceptors (Lipinski definition) is 13. The summed E-state index contributed by atoms with van der Waals surface area (Å²) in [6, 6.07) is 0.821. The van der Waals surface area contributed by atoms with Gasteiger partial charge in [0.05, 0.1) is 13.2 Å². The standard InChI is InChI=1S/C19H24N4O13/c1-7-4-23(17(33)21-15(7)31)19(14(30)12(28)9(6-25)35-19)36-18(13(29)11(27)8(5-24)34-18)22-3-2-10(26)20-16(22)32/h2-4,8-9,11-14,24-25,27-30H,5-6H2,1H3,(H,20,26,32)(H,21,31,33)/t8-,9-,11-,12-,13-,14-,18+,19+/m1/s1. The second-order valence-corrected chi connectivity index (χ2v) is 8.33. The predicted molar refractivity (Wildman–Crippen MR) is 112 cm³/mol. The number of nitrogens with zero attached hydrogens (tertiary/aromatic N) is 2. The van der Waals surface area contributed by atoms with Crippen LogP contribution in [0.4, 0.5) is 0 Å². The molecule has 0 saturated carbocycles. The lowest BCUT2D eigenvalue weighted by Crippen LogP contribution is -2.62. The van der Waals surface area contributed by atoms with Gasteiger partial charge in [0.2, 0.25) is 0 Å². The fourth-order valence-corrected chi connectivity index (χ4v) is 4.18. The van der Waals surface area contributed by atoms with Gasteiger partial charge in [0.15, 0.2) is 12.2 Å². The van der Waals surface area contributed by atoms with Gasteiger partial charge in [-0.2, -0.15) is 0 Å². The fourth-order valence-electron chi connectivity index (χ4n) is 4.18. The van der Waals surface area contributed by atoms with E-state index >= 15 is 0 Å². The maximum Gasteiger partial charge on any atom is 0.332 e. The maximum absolute atomic E-state index is 12.8. The van der Waals surface area contributed by atoms with Crippen molar-refractivity contribution in [1.82, 2.24) is 19.1 Å². The predicted octanol–water partition coefficient (Wildman–Crippen LogP) is -6.14. The normalized spacial score (nSPS) is 36.4. The Labute approximate surface area is 199 Å². The maximum atomic E-state index is 12.8. The third-order valence-corrected chi connectivity index (χ3v) is 6.06. The van der Waals surface area contributed by atoms with E-state index in [-0.39, 0.29) is 5.56 Å². The highest BCUT2D eigenvalue weighted by atomic mass is 16.8. The Kier molecular flexibility index (Phi) is 6.62. The van der Waals surface area contributed by atoms with E-state index in [9.17, 15) is 49.8 Å². The van der Waals surface area contributed by atoms with Crippen LogP contribution >= 0.6 is 0 Å². The summed E-state index contributed by atoms with van der Waals surface area (Å²) in [5.74, 6) is -5.83. The molecule has 2 aliphatic rings. The number of aromatic amines is 2. The minimum Gasteiger partial charge on any atom is -0.394 e. The Morgan fingerprint density at radius 3 is 1.86 bits per heavy atom. The lowest BCUT2D eigenvalue weighted by Gasteiger charge is -2.42. The molecule has 198 valence electrons. The molecular weight excluding hydrogens is 492 g/mol. The highest BCUT2D eigenvalue weighted by Gasteiger charge is 2.67. The molecule has 2 saturated heterocycles. The zero-order valence-electron chi connectivity index (χ0n) is 18.5. The Morgan fingerprint density at radius 2 is 1.39 bits per heavy atom. The van der Waals surface area contributed by atoms with Crippen LogP contribution in [0.3, 0.4) is 0 Å². The van der Waals surface area contributed by atoms with Gasteiger partial charge >= 0.3 is 11.4 Å². The number of aliphatic hydroxyl groups excluding tert-OH is 6. The molecule has 0 amide bonds. The third kappa shape index (κ3) is 3.77. The number of aliphatic hydroxyl groups is 6. The lowest BCUT2D eigenvalue weighted by atomic mass is 10.1. The zero-order chi connectivity index (χ0) is 26.6. The van der Waals surface area contributed by atoms with Crippen LogP contribution in [0.5, 0.6) is 0 Å². The monoisotopic (exact) mass is 516 g/mol. The van der Waals surface area contributed by atoms with Crippen molar-refractivity contribution >= 4 is 0 Å². The van der Waals surface area contributed by atoms with E-state index in [2.05, 4.69) is 0 Å². The summed E-state index contributed by atoms with van der Waals surface area (Å²) in [7, 11) is 0. The molecule has 36 heavy (non-hydrogen) atoms. The van der Waals surface area contributed by atoms with Crippen molar-refractivity contribution in [2.24, 2.45) is 0 Å². The van der Waals surface area contributed by atoms with Gasteiger partial charge in [-0.1, -0.05) is 0 Å². The molecular formula is C19H24N4O13. The number of rotatable bonds is 6. The quantitative estimate of drug-likeness (QED) is 0.178. The minimum atomic E-state index is -2.92. The highest BCUT2D eigenvalue weighted by molar-refractivity contribution is 5.07. The van der Waals surface area contributed by atoms with Gasteiger partial charge in [0, 0.05) is 24.0 Å². The summed E-state index contributed by atoms with van der Waals surface area (Å²) in [5.41, 5.74) is -4.29. The molecule has 4 rings (SSSR count). The first kappa shape index (κ1) is 26.1. The molecule has 0 radical (unpaired) electrons. The first-order valence-corrected chi connectivity index (χ1v) is 10.6. The Hall–Kier alpha value is -3.00. The van der Waals surface area contributed by atoms with Crippen molar-refractivity contribution in [3.8, 4) is 0 Å². The molecule has 2 aromatic rings. The smallest absolute Gasteiger partial charge is 0.332 e. The lowest BCUT2D eigenvalue weighted by molar-refractivity contribution is -0.448. The van der Waals surface area contributed by atoms with Crippen LogP contribution in [0.2, 0.25) is 0 Å².